The van der Waals surface area contributed by atoms with Crippen LogP contribution < -0.4 is 10.2 Å². The molecular weight excluding hydrogens is 274 g/mol. The van der Waals surface area contributed by atoms with Crippen LogP contribution in [0, 0.1) is 5.82 Å². The Bertz CT molecular complexity index is 430. The van der Waals surface area contributed by atoms with E-state index in [1.54, 1.807) is 12.1 Å². The van der Waals surface area contributed by atoms with Gasteiger partial charge >= 0.3 is 0 Å². The first-order valence-corrected chi connectivity index (χ1v) is 6.85. The molecule has 0 saturated carbocycles. The van der Waals surface area contributed by atoms with Crippen LogP contribution in [-0.2, 0) is 0 Å². The molecule has 0 aromatic heterocycles. The van der Waals surface area contributed by atoms with Gasteiger partial charge in [0.15, 0.2) is 5.82 Å². The van der Waals surface area contributed by atoms with Gasteiger partial charge in [0, 0.05) is 30.9 Å². The summed E-state index contributed by atoms with van der Waals surface area (Å²) in [4.78, 5) is 2.19. The van der Waals surface area contributed by atoms with Crippen molar-refractivity contribution >= 4 is 28.9 Å². The molecule has 0 bridgehead atoms. The second-order valence-electron chi connectivity index (χ2n) is 4.99. The quantitative estimate of drug-likeness (QED) is 0.836. The molecule has 0 spiro atoms. The molecule has 0 amide bonds. The second-order valence-corrected chi connectivity index (χ2v) is 5.80. The lowest BCUT2D eigenvalue weighted by molar-refractivity contribution is 0.314. The summed E-state index contributed by atoms with van der Waals surface area (Å²) in [6, 6.07) is 3.29. The second kappa shape index (κ2) is 5.24. The topological polar surface area (TPSA) is 15.3 Å². The largest absolute Gasteiger partial charge is 0.368 e. The van der Waals surface area contributed by atoms with E-state index in [4.69, 9.17) is 23.2 Å². The van der Waals surface area contributed by atoms with Gasteiger partial charge in [0.1, 0.15) is 0 Å². The first-order chi connectivity index (χ1) is 8.45. The Hall–Kier alpha value is -0.510. The average Bonchev–Trinajstić information content (AvgIpc) is 2.35. The van der Waals surface area contributed by atoms with Gasteiger partial charge in [0.2, 0.25) is 0 Å². The van der Waals surface area contributed by atoms with Crippen LogP contribution in [0.3, 0.4) is 0 Å². The van der Waals surface area contributed by atoms with Crippen molar-refractivity contribution < 1.29 is 4.39 Å². The molecule has 5 heteroatoms. The third-order valence-electron chi connectivity index (χ3n) is 3.59. The Morgan fingerprint density at radius 2 is 2.00 bits per heavy atom. The van der Waals surface area contributed by atoms with E-state index in [0.29, 0.717) is 0 Å². The van der Waals surface area contributed by atoms with Gasteiger partial charge in [-0.05, 0) is 25.5 Å². The first kappa shape index (κ1) is 13.9. The number of benzene rings is 1. The van der Waals surface area contributed by atoms with E-state index in [1.165, 1.54) is 0 Å². The Kier molecular flexibility index (Phi) is 4.05. The number of anilines is 1. The van der Waals surface area contributed by atoms with Gasteiger partial charge in [-0.25, -0.2) is 4.39 Å². The maximum Gasteiger partial charge on any atom is 0.160 e. The van der Waals surface area contributed by atoms with Crippen LogP contribution in [0.15, 0.2) is 12.1 Å². The zero-order valence-corrected chi connectivity index (χ0v) is 12.1. The number of hydrogen-bond donors (Lipinski definition) is 1. The third-order valence-corrected chi connectivity index (χ3v) is 4.14. The molecule has 2 rings (SSSR count). The average molecular weight is 291 g/mol. The van der Waals surface area contributed by atoms with E-state index >= 15 is 0 Å². The number of piperazine rings is 1. The molecule has 0 aliphatic carbocycles. The summed E-state index contributed by atoms with van der Waals surface area (Å²) in [5.74, 6) is -0.546. The SMILES string of the molecule is CCC1(C)CN(c2cc(Cl)c(F)c(Cl)c2)CCN1. The molecule has 1 aromatic carbocycles. The molecule has 1 saturated heterocycles. The monoisotopic (exact) mass is 290 g/mol. The Labute approximate surface area is 117 Å². The lowest BCUT2D eigenvalue weighted by atomic mass is 9.95. The van der Waals surface area contributed by atoms with E-state index in [-0.39, 0.29) is 15.6 Å². The fourth-order valence-electron chi connectivity index (χ4n) is 2.23. The fraction of sp³-hybridized carbons (Fsp3) is 0.538. The van der Waals surface area contributed by atoms with Crippen molar-refractivity contribution in [1.29, 1.82) is 0 Å². The summed E-state index contributed by atoms with van der Waals surface area (Å²) in [5.41, 5.74) is 0.957. The van der Waals surface area contributed by atoms with Crippen LogP contribution in [-0.4, -0.2) is 25.2 Å². The van der Waals surface area contributed by atoms with Crippen molar-refractivity contribution in [2.75, 3.05) is 24.5 Å². The first-order valence-electron chi connectivity index (χ1n) is 6.10. The number of hydrogen-bond acceptors (Lipinski definition) is 2. The predicted octanol–water partition coefficient (Wildman–Crippen LogP) is 3.71. The van der Waals surface area contributed by atoms with E-state index in [0.717, 1.165) is 31.7 Å². The van der Waals surface area contributed by atoms with Crippen molar-refractivity contribution in [1.82, 2.24) is 5.32 Å². The Balaban J connectivity index is 2.26. The zero-order valence-electron chi connectivity index (χ0n) is 10.6. The maximum atomic E-state index is 13.4. The van der Waals surface area contributed by atoms with E-state index in [2.05, 4.69) is 24.1 Å². The van der Waals surface area contributed by atoms with Crippen LogP contribution in [0.4, 0.5) is 10.1 Å². The normalized spacial score (nSPS) is 24.4. The number of nitrogens with one attached hydrogen (secondary N) is 1. The van der Waals surface area contributed by atoms with Crippen molar-refractivity contribution in [2.45, 2.75) is 25.8 Å². The van der Waals surface area contributed by atoms with Crippen LogP contribution >= 0.6 is 23.2 Å². The van der Waals surface area contributed by atoms with Crippen molar-refractivity contribution in [3.8, 4) is 0 Å². The maximum absolute atomic E-state index is 13.4. The van der Waals surface area contributed by atoms with Gasteiger partial charge in [-0.15, -0.1) is 0 Å². The zero-order chi connectivity index (χ0) is 13.3. The van der Waals surface area contributed by atoms with Gasteiger partial charge in [-0.2, -0.15) is 0 Å². The van der Waals surface area contributed by atoms with Gasteiger partial charge in [0.05, 0.1) is 10.0 Å². The van der Waals surface area contributed by atoms with E-state index in [9.17, 15) is 4.39 Å². The van der Waals surface area contributed by atoms with Crippen molar-refractivity contribution in [2.24, 2.45) is 0 Å². The summed E-state index contributed by atoms with van der Waals surface area (Å²) in [5, 5.41) is 3.66. The Morgan fingerprint density at radius 3 is 2.56 bits per heavy atom. The van der Waals surface area contributed by atoms with Gasteiger partial charge in [0.25, 0.3) is 0 Å². The lowest BCUT2D eigenvalue weighted by Crippen LogP contribution is -2.58. The lowest BCUT2D eigenvalue weighted by Gasteiger charge is -2.42. The number of nitrogens with zero attached hydrogens (tertiary/aromatic N) is 1. The molecule has 1 unspecified atom stereocenters. The van der Waals surface area contributed by atoms with E-state index < -0.39 is 5.82 Å². The highest BCUT2D eigenvalue weighted by atomic mass is 35.5. The molecule has 1 aromatic rings. The van der Waals surface area contributed by atoms with Gasteiger partial charge in [-0.1, -0.05) is 30.1 Å². The highest BCUT2D eigenvalue weighted by Crippen LogP contribution is 2.31. The van der Waals surface area contributed by atoms with Crippen LogP contribution in [0.5, 0.6) is 0 Å². The van der Waals surface area contributed by atoms with Crippen LogP contribution in [0.1, 0.15) is 20.3 Å². The molecule has 1 aliphatic rings. The molecule has 1 N–H and O–H groups in total. The molecule has 1 atom stereocenters. The van der Waals surface area contributed by atoms with Crippen LogP contribution in [0.2, 0.25) is 10.0 Å². The highest BCUT2D eigenvalue weighted by Gasteiger charge is 2.29. The molecule has 1 aliphatic heterocycles. The Morgan fingerprint density at radius 1 is 1.39 bits per heavy atom. The van der Waals surface area contributed by atoms with Gasteiger partial charge in [-0.3, -0.25) is 0 Å². The fourth-order valence-corrected chi connectivity index (χ4v) is 2.71. The summed E-state index contributed by atoms with van der Waals surface area (Å²) in [6.07, 6.45) is 1.03. The molecule has 100 valence electrons. The van der Waals surface area contributed by atoms with Crippen molar-refractivity contribution in [3.05, 3.63) is 28.0 Å². The number of halogens is 3. The summed E-state index contributed by atoms with van der Waals surface area (Å²) >= 11 is 11.7. The molecule has 1 fully saturated rings. The van der Waals surface area contributed by atoms with Gasteiger partial charge < -0.3 is 10.2 Å². The third kappa shape index (κ3) is 2.73. The molecular formula is C13H17Cl2FN2. The summed E-state index contributed by atoms with van der Waals surface area (Å²) < 4.78 is 13.4. The molecule has 0 radical (unpaired) electrons. The molecule has 18 heavy (non-hydrogen) atoms. The smallest absolute Gasteiger partial charge is 0.160 e. The molecule has 2 nitrogen and oxygen atoms in total. The highest BCUT2D eigenvalue weighted by molar-refractivity contribution is 6.35. The standard InChI is InChI=1S/C13H17Cl2FN2/c1-3-13(2)8-18(5-4-17-13)9-6-10(14)12(16)11(15)7-9/h6-7,17H,3-5,8H2,1-2H3. The summed E-state index contributed by atoms with van der Waals surface area (Å²) in [6.45, 7) is 6.97. The summed E-state index contributed by atoms with van der Waals surface area (Å²) in [7, 11) is 0. The molecule has 1 heterocycles. The van der Waals surface area contributed by atoms with Crippen molar-refractivity contribution in [3.63, 3.8) is 0 Å². The number of rotatable bonds is 2. The van der Waals surface area contributed by atoms with E-state index in [1.807, 2.05) is 0 Å². The van der Waals surface area contributed by atoms with Crippen LogP contribution in [0.25, 0.3) is 0 Å². The predicted molar refractivity (Wildman–Crippen MR) is 75.3 cm³/mol. The minimum atomic E-state index is -0.546. The minimum Gasteiger partial charge on any atom is -0.368 e. The minimum absolute atomic E-state index is 0.0750.